The van der Waals surface area contributed by atoms with Gasteiger partial charge in [-0.2, -0.15) is 0 Å². The largest absolute Gasteiger partial charge is 0.472 e. The average Bonchev–Trinajstić information content (AvgIpc) is 3.20. The molecular formula is C47H84NO8P. The highest BCUT2D eigenvalue weighted by Crippen LogP contribution is 2.43. The van der Waals surface area contributed by atoms with E-state index >= 15 is 0 Å². The van der Waals surface area contributed by atoms with E-state index in [0.717, 1.165) is 51.4 Å². The van der Waals surface area contributed by atoms with Gasteiger partial charge in [0.1, 0.15) is 6.61 Å². The molecule has 0 radical (unpaired) electrons. The molecule has 0 aliphatic carbocycles. The first-order valence-corrected chi connectivity index (χ1v) is 24.3. The molecule has 3 N–H and O–H groups in total. The van der Waals surface area contributed by atoms with Crippen LogP contribution in [-0.4, -0.2) is 49.3 Å². The highest BCUT2D eigenvalue weighted by atomic mass is 31.2. The van der Waals surface area contributed by atoms with Gasteiger partial charge in [-0.3, -0.25) is 18.6 Å². The molecule has 0 amide bonds. The third kappa shape index (κ3) is 43.1. The van der Waals surface area contributed by atoms with Crippen LogP contribution in [0, 0.1) is 0 Å². The topological polar surface area (TPSA) is 134 Å². The van der Waals surface area contributed by atoms with Gasteiger partial charge in [0.25, 0.3) is 0 Å². The molecular weight excluding hydrogens is 737 g/mol. The van der Waals surface area contributed by atoms with Crippen molar-refractivity contribution < 1.29 is 37.6 Å². The summed E-state index contributed by atoms with van der Waals surface area (Å²) >= 11 is 0. The Labute approximate surface area is 349 Å². The van der Waals surface area contributed by atoms with Crippen LogP contribution in [0.15, 0.2) is 60.8 Å². The molecule has 0 rings (SSSR count). The van der Waals surface area contributed by atoms with Crippen molar-refractivity contribution in [1.82, 2.24) is 0 Å². The lowest BCUT2D eigenvalue weighted by molar-refractivity contribution is -0.161. The third-order valence-corrected chi connectivity index (χ3v) is 10.4. The number of phosphoric ester groups is 1. The maximum Gasteiger partial charge on any atom is 0.472 e. The lowest BCUT2D eigenvalue weighted by atomic mass is 10.0. The summed E-state index contributed by atoms with van der Waals surface area (Å²) in [6.07, 6.45) is 51.2. The van der Waals surface area contributed by atoms with E-state index in [1.165, 1.54) is 103 Å². The van der Waals surface area contributed by atoms with E-state index in [4.69, 9.17) is 24.3 Å². The van der Waals surface area contributed by atoms with Crippen LogP contribution in [0.1, 0.15) is 194 Å². The fourth-order valence-corrected chi connectivity index (χ4v) is 6.85. The number of unbranched alkanes of at least 4 members (excludes halogenated alkanes) is 19. The van der Waals surface area contributed by atoms with Gasteiger partial charge in [0.15, 0.2) is 6.10 Å². The number of hydrogen-bond acceptors (Lipinski definition) is 8. The van der Waals surface area contributed by atoms with Crippen molar-refractivity contribution in [1.29, 1.82) is 0 Å². The molecule has 2 unspecified atom stereocenters. The summed E-state index contributed by atoms with van der Waals surface area (Å²) < 4.78 is 32.8. The van der Waals surface area contributed by atoms with Crippen LogP contribution in [0.5, 0.6) is 0 Å². The molecule has 0 saturated carbocycles. The lowest BCUT2D eigenvalue weighted by Crippen LogP contribution is -2.29. The monoisotopic (exact) mass is 822 g/mol. The number of allylic oxidation sites excluding steroid dienone is 10. The van der Waals surface area contributed by atoms with Crippen molar-refractivity contribution in [2.24, 2.45) is 5.73 Å². The summed E-state index contributed by atoms with van der Waals surface area (Å²) in [7, 11) is -4.39. The minimum atomic E-state index is -4.39. The van der Waals surface area contributed by atoms with Gasteiger partial charge in [-0.15, -0.1) is 0 Å². The number of carbonyl (C=O) groups is 2. The van der Waals surface area contributed by atoms with Gasteiger partial charge >= 0.3 is 19.8 Å². The van der Waals surface area contributed by atoms with Crippen molar-refractivity contribution in [3.05, 3.63) is 60.8 Å². The molecule has 0 saturated heterocycles. The molecule has 0 fully saturated rings. The zero-order valence-corrected chi connectivity index (χ0v) is 37.2. The number of nitrogens with two attached hydrogens (primary N) is 1. The van der Waals surface area contributed by atoms with Crippen molar-refractivity contribution in [2.45, 2.75) is 200 Å². The molecule has 0 aliphatic rings. The van der Waals surface area contributed by atoms with Crippen LogP contribution in [0.25, 0.3) is 0 Å². The van der Waals surface area contributed by atoms with Gasteiger partial charge in [0, 0.05) is 19.4 Å². The van der Waals surface area contributed by atoms with Crippen LogP contribution in [-0.2, 0) is 32.7 Å². The molecule has 10 heteroatoms. The van der Waals surface area contributed by atoms with Gasteiger partial charge in [0.2, 0.25) is 0 Å². The standard InChI is InChI=1S/C47H84NO8P/c1-3-5-7-9-11-13-15-17-19-21-22-24-25-27-29-31-33-35-37-39-46(49)53-43-45(44-55-57(51,52)54-42-41-48)56-47(50)40-38-36-34-32-30-28-26-23-20-18-16-14-12-10-8-6-4-2/h6,8,12,14,18,20,26,28,32,34,45H,3-5,7,9-11,13,15-17,19,21-25,27,29-31,33,35-44,48H2,1-2H3,(H,51,52)/b8-6-,14-12-,20-18-,28-26-,34-32-. The lowest BCUT2D eigenvalue weighted by Gasteiger charge is -2.19. The molecule has 330 valence electrons. The Morgan fingerprint density at radius 2 is 0.965 bits per heavy atom. The molecule has 0 aliphatic heterocycles. The second-order valence-corrected chi connectivity index (χ2v) is 16.3. The first-order chi connectivity index (χ1) is 27.8. The summed E-state index contributed by atoms with van der Waals surface area (Å²) in [6, 6.07) is 0. The van der Waals surface area contributed by atoms with Gasteiger partial charge in [-0.05, 0) is 51.4 Å². The molecule has 0 spiro atoms. The molecule has 57 heavy (non-hydrogen) atoms. The number of ether oxygens (including phenoxy) is 2. The average molecular weight is 822 g/mol. The summed E-state index contributed by atoms with van der Waals surface area (Å²) in [6.45, 7) is 3.56. The summed E-state index contributed by atoms with van der Waals surface area (Å²) in [5, 5.41) is 0. The fourth-order valence-electron chi connectivity index (χ4n) is 6.08. The number of hydrogen-bond donors (Lipinski definition) is 2. The molecule has 0 heterocycles. The van der Waals surface area contributed by atoms with E-state index in [1.807, 2.05) is 6.08 Å². The Hall–Kier alpha value is -2.29. The summed E-state index contributed by atoms with van der Waals surface area (Å²) in [4.78, 5) is 34.9. The Morgan fingerprint density at radius 3 is 1.42 bits per heavy atom. The first-order valence-electron chi connectivity index (χ1n) is 22.8. The maximum atomic E-state index is 12.6. The Bertz CT molecular complexity index is 1120. The van der Waals surface area contributed by atoms with E-state index in [-0.39, 0.29) is 32.6 Å². The van der Waals surface area contributed by atoms with E-state index in [1.54, 1.807) is 0 Å². The second-order valence-electron chi connectivity index (χ2n) is 14.9. The van der Waals surface area contributed by atoms with Crippen LogP contribution >= 0.6 is 7.82 Å². The zero-order valence-electron chi connectivity index (χ0n) is 36.3. The van der Waals surface area contributed by atoms with Crippen molar-refractivity contribution in [3.63, 3.8) is 0 Å². The highest BCUT2D eigenvalue weighted by molar-refractivity contribution is 7.47. The normalized spacial score (nSPS) is 13.8. The van der Waals surface area contributed by atoms with Crippen LogP contribution in [0.4, 0.5) is 0 Å². The SMILES string of the molecule is CC/C=C\C/C=C\C/C=C\C/C=C\C/C=C\CCCC(=O)OC(COC(=O)CCCCCCCCCCCCCCCCCCCCC)COP(=O)(O)OCCN. The number of carbonyl (C=O) groups excluding carboxylic acids is 2. The number of phosphoric acid groups is 1. The van der Waals surface area contributed by atoms with Gasteiger partial charge in [-0.25, -0.2) is 4.57 Å². The second kappa shape index (κ2) is 43.3. The van der Waals surface area contributed by atoms with Crippen molar-refractivity contribution in [3.8, 4) is 0 Å². The van der Waals surface area contributed by atoms with E-state index in [2.05, 4.69) is 68.5 Å². The van der Waals surface area contributed by atoms with E-state index < -0.39 is 32.5 Å². The predicted octanol–water partition coefficient (Wildman–Crippen LogP) is 13.3. The molecule has 9 nitrogen and oxygen atoms in total. The van der Waals surface area contributed by atoms with Gasteiger partial charge < -0.3 is 20.1 Å². The smallest absolute Gasteiger partial charge is 0.462 e. The van der Waals surface area contributed by atoms with Crippen LogP contribution < -0.4 is 5.73 Å². The Morgan fingerprint density at radius 1 is 0.544 bits per heavy atom. The fraction of sp³-hybridized carbons (Fsp3) is 0.745. The number of esters is 2. The maximum absolute atomic E-state index is 12.6. The van der Waals surface area contributed by atoms with Crippen molar-refractivity contribution in [2.75, 3.05) is 26.4 Å². The molecule has 0 aromatic carbocycles. The summed E-state index contributed by atoms with van der Waals surface area (Å²) in [5.41, 5.74) is 5.35. The van der Waals surface area contributed by atoms with Crippen LogP contribution in [0.3, 0.4) is 0 Å². The van der Waals surface area contributed by atoms with Gasteiger partial charge in [0.05, 0.1) is 13.2 Å². The van der Waals surface area contributed by atoms with Gasteiger partial charge in [-0.1, -0.05) is 190 Å². The number of rotatable bonds is 42. The Balaban J connectivity index is 4.18. The third-order valence-electron chi connectivity index (χ3n) is 9.42. The first kappa shape index (κ1) is 54.7. The zero-order chi connectivity index (χ0) is 41.8. The van der Waals surface area contributed by atoms with Crippen LogP contribution in [0.2, 0.25) is 0 Å². The summed E-state index contributed by atoms with van der Waals surface area (Å²) in [5.74, 6) is -0.894. The molecule has 0 aromatic heterocycles. The molecule has 2 atom stereocenters. The molecule has 0 bridgehead atoms. The van der Waals surface area contributed by atoms with Crippen molar-refractivity contribution >= 4 is 19.8 Å². The highest BCUT2D eigenvalue weighted by Gasteiger charge is 2.25. The van der Waals surface area contributed by atoms with E-state index in [9.17, 15) is 19.0 Å². The minimum absolute atomic E-state index is 0.0430. The quantitative estimate of drug-likeness (QED) is 0.0267. The Kier molecular flexibility index (Phi) is 41.6. The molecule has 0 aromatic rings. The van der Waals surface area contributed by atoms with E-state index in [0.29, 0.717) is 12.8 Å². The minimum Gasteiger partial charge on any atom is -0.462 e. The predicted molar refractivity (Wildman–Crippen MR) is 238 cm³/mol.